The highest BCUT2D eigenvalue weighted by molar-refractivity contribution is 5.35. The summed E-state index contributed by atoms with van der Waals surface area (Å²) in [7, 11) is 0. The molecule has 0 atom stereocenters. The Balaban J connectivity index is 2.30. The number of nitrogens with zero attached hydrogens (tertiary/aromatic N) is 3. The molecule has 0 aliphatic carbocycles. The highest BCUT2D eigenvalue weighted by Crippen LogP contribution is 2.13. The van der Waals surface area contributed by atoms with Gasteiger partial charge in [-0.15, -0.1) is 0 Å². The molecule has 0 unspecified atom stereocenters. The van der Waals surface area contributed by atoms with Crippen LogP contribution in [0.3, 0.4) is 0 Å². The minimum atomic E-state index is 0.803. The first-order chi connectivity index (χ1) is 8.22. The molecule has 0 spiro atoms. The highest BCUT2D eigenvalue weighted by Gasteiger charge is 2.05. The second-order valence-electron chi connectivity index (χ2n) is 4.07. The number of hydrogen-bond acceptors (Lipinski definition) is 3. The summed E-state index contributed by atoms with van der Waals surface area (Å²) in [6.45, 7) is 7.94. The van der Waals surface area contributed by atoms with Crippen molar-refractivity contribution in [1.29, 1.82) is 0 Å². The van der Waals surface area contributed by atoms with E-state index >= 15 is 0 Å². The molecule has 2 rings (SSSR count). The van der Waals surface area contributed by atoms with Crippen LogP contribution in [-0.2, 0) is 6.54 Å². The minimum Gasteiger partial charge on any atom is -0.311 e. The lowest BCUT2D eigenvalue weighted by Crippen LogP contribution is -2.13. The molecule has 90 valence electrons. The Hall–Kier alpha value is -1.68. The maximum absolute atomic E-state index is 4.34. The van der Waals surface area contributed by atoms with E-state index in [-0.39, 0.29) is 0 Å². The van der Waals surface area contributed by atoms with Gasteiger partial charge in [0.05, 0.1) is 23.4 Å². The van der Waals surface area contributed by atoms with E-state index < -0.39 is 0 Å². The van der Waals surface area contributed by atoms with E-state index in [1.165, 1.54) is 5.69 Å². The molecule has 0 saturated carbocycles. The molecule has 0 amide bonds. The van der Waals surface area contributed by atoms with Crippen LogP contribution in [0.4, 0.5) is 0 Å². The van der Waals surface area contributed by atoms with Crippen molar-refractivity contribution in [3.05, 3.63) is 41.7 Å². The molecule has 0 aliphatic heterocycles. The van der Waals surface area contributed by atoms with Gasteiger partial charge in [-0.25, -0.2) is 4.98 Å². The van der Waals surface area contributed by atoms with Crippen LogP contribution in [0.5, 0.6) is 0 Å². The molecular formula is C13H18N4. The Bertz CT molecular complexity index is 502. The summed E-state index contributed by atoms with van der Waals surface area (Å²) in [5.74, 6) is 0. The van der Waals surface area contributed by atoms with Gasteiger partial charge < -0.3 is 9.88 Å². The normalized spacial score (nSPS) is 10.8. The largest absolute Gasteiger partial charge is 0.311 e. The fourth-order valence-corrected chi connectivity index (χ4v) is 1.72. The fourth-order valence-electron chi connectivity index (χ4n) is 1.72. The van der Waals surface area contributed by atoms with Crippen molar-refractivity contribution in [1.82, 2.24) is 19.9 Å². The lowest BCUT2D eigenvalue weighted by atomic mass is 10.3. The van der Waals surface area contributed by atoms with E-state index in [4.69, 9.17) is 0 Å². The van der Waals surface area contributed by atoms with Gasteiger partial charge in [0.15, 0.2) is 0 Å². The molecule has 2 heterocycles. The topological polar surface area (TPSA) is 42.7 Å². The van der Waals surface area contributed by atoms with Crippen LogP contribution >= 0.6 is 0 Å². The number of pyridine rings is 1. The Kier molecular flexibility index (Phi) is 3.54. The second-order valence-corrected chi connectivity index (χ2v) is 4.07. The Morgan fingerprint density at radius 1 is 1.29 bits per heavy atom. The third-order valence-corrected chi connectivity index (χ3v) is 2.89. The van der Waals surface area contributed by atoms with Crippen LogP contribution in [-0.4, -0.2) is 21.1 Å². The van der Waals surface area contributed by atoms with Gasteiger partial charge in [0.1, 0.15) is 0 Å². The molecule has 17 heavy (non-hydrogen) atoms. The Morgan fingerprint density at radius 2 is 2.12 bits per heavy atom. The van der Waals surface area contributed by atoms with Crippen LogP contribution in [0.25, 0.3) is 5.69 Å². The molecule has 0 bridgehead atoms. The standard InChI is InChI=1S/C13H18N4/c1-4-14-8-12-7-13(5-6-15-12)17-9-16-10(2)11(17)3/h5-7,9,14H,4,8H2,1-3H3. The second kappa shape index (κ2) is 5.10. The van der Waals surface area contributed by atoms with Crippen molar-refractivity contribution < 1.29 is 0 Å². The van der Waals surface area contributed by atoms with E-state index in [1.807, 2.05) is 25.5 Å². The molecule has 0 aromatic carbocycles. The molecule has 0 fully saturated rings. The Labute approximate surface area is 102 Å². The van der Waals surface area contributed by atoms with E-state index in [2.05, 4.69) is 39.8 Å². The molecule has 4 heteroatoms. The predicted octanol–water partition coefficient (Wildman–Crippen LogP) is 1.99. The van der Waals surface area contributed by atoms with Gasteiger partial charge in [0, 0.05) is 18.4 Å². The molecule has 0 radical (unpaired) electrons. The SMILES string of the molecule is CCNCc1cc(-n2cnc(C)c2C)ccn1. The maximum atomic E-state index is 4.34. The molecule has 2 aromatic heterocycles. The van der Waals surface area contributed by atoms with Crippen molar-refractivity contribution in [2.75, 3.05) is 6.54 Å². The number of aryl methyl sites for hydroxylation is 1. The summed E-state index contributed by atoms with van der Waals surface area (Å²) in [4.78, 5) is 8.65. The van der Waals surface area contributed by atoms with Gasteiger partial charge in [-0.2, -0.15) is 0 Å². The maximum Gasteiger partial charge on any atom is 0.0997 e. The third-order valence-electron chi connectivity index (χ3n) is 2.89. The van der Waals surface area contributed by atoms with Crippen molar-refractivity contribution in [3.8, 4) is 5.69 Å². The van der Waals surface area contributed by atoms with Gasteiger partial charge in [-0.3, -0.25) is 4.98 Å². The first-order valence-corrected chi connectivity index (χ1v) is 5.89. The molecule has 4 nitrogen and oxygen atoms in total. The van der Waals surface area contributed by atoms with Crippen LogP contribution in [0.2, 0.25) is 0 Å². The summed E-state index contributed by atoms with van der Waals surface area (Å²) >= 11 is 0. The highest BCUT2D eigenvalue weighted by atomic mass is 15.1. The molecule has 0 aliphatic rings. The fraction of sp³-hybridized carbons (Fsp3) is 0.385. The first kappa shape index (κ1) is 11.8. The van der Waals surface area contributed by atoms with E-state index in [9.17, 15) is 0 Å². The number of rotatable bonds is 4. The summed E-state index contributed by atoms with van der Waals surface area (Å²) in [5.41, 5.74) is 4.40. The third kappa shape index (κ3) is 2.53. The van der Waals surface area contributed by atoms with Crippen LogP contribution in [0.1, 0.15) is 24.0 Å². The molecular weight excluding hydrogens is 212 g/mol. The first-order valence-electron chi connectivity index (χ1n) is 5.89. The van der Waals surface area contributed by atoms with Crippen molar-refractivity contribution in [2.45, 2.75) is 27.3 Å². The molecule has 0 saturated heterocycles. The summed E-state index contributed by atoms with van der Waals surface area (Å²) in [6, 6.07) is 4.10. The van der Waals surface area contributed by atoms with E-state index in [0.29, 0.717) is 0 Å². The van der Waals surface area contributed by atoms with Crippen LogP contribution in [0.15, 0.2) is 24.7 Å². The number of hydrogen-bond donors (Lipinski definition) is 1. The summed E-state index contributed by atoms with van der Waals surface area (Å²) < 4.78 is 2.09. The summed E-state index contributed by atoms with van der Waals surface area (Å²) in [5, 5.41) is 3.28. The summed E-state index contributed by atoms with van der Waals surface area (Å²) in [6.07, 6.45) is 3.70. The lowest BCUT2D eigenvalue weighted by Gasteiger charge is -2.07. The van der Waals surface area contributed by atoms with Crippen LogP contribution in [0, 0.1) is 13.8 Å². The lowest BCUT2D eigenvalue weighted by molar-refractivity contribution is 0.709. The number of aromatic nitrogens is 3. The van der Waals surface area contributed by atoms with Gasteiger partial charge in [0.2, 0.25) is 0 Å². The number of nitrogens with one attached hydrogen (secondary N) is 1. The van der Waals surface area contributed by atoms with Gasteiger partial charge in [-0.1, -0.05) is 6.92 Å². The predicted molar refractivity (Wildman–Crippen MR) is 68.2 cm³/mol. The number of imidazole rings is 1. The average molecular weight is 230 g/mol. The van der Waals surface area contributed by atoms with Crippen molar-refractivity contribution in [3.63, 3.8) is 0 Å². The van der Waals surface area contributed by atoms with Gasteiger partial charge in [0.25, 0.3) is 0 Å². The van der Waals surface area contributed by atoms with E-state index in [1.54, 1.807) is 0 Å². The zero-order valence-corrected chi connectivity index (χ0v) is 10.6. The molecule has 2 aromatic rings. The van der Waals surface area contributed by atoms with Gasteiger partial charge >= 0.3 is 0 Å². The van der Waals surface area contributed by atoms with Crippen molar-refractivity contribution >= 4 is 0 Å². The average Bonchev–Trinajstić information content (AvgIpc) is 2.68. The molecule has 1 N–H and O–H groups in total. The Morgan fingerprint density at radius 3 is 2.76 bits per heavy atom. The monoisotopic (exact) mass is 230 g/mol. The van der Waals surface area contributed by atoms with E-state index in [0.717, 1.165) is 30.2 Å². The zero-order valence-electron chi connectivity index (χ0n) is 10.6. The van der Waals surface area contributed by atoms with Crippen molar-refractivity contribution in [2.24, 2.45) is 0 Å². The van der Waals surface area contributed by atoms with Gasteiger partial charge in [-0.05, 0) is 32.5 Å². The zero-order chi connectivity index (χ0) is 12.3. The van der Waals surface area contributed by atoms with Crippen LogP contribution < -0.4 is 5.32 Å². The quantitative estimate of drug-likeness (QED) is 0.873. The minimum absolute atomic E-state index is 0.803. The smallest absolute Gasteiger partial charge is 0.0997 e.